The molecule has 0 unspecified atom stereocenters. The Morgan fingerprint density at radius 1 is 1.35 bits per heavy atom. The van der Waals surface area contributed by atoms with Crippen LogP contribution in [0.4, 0.5) is 5.69 Å². The highest BCUT2D eigenvalue weighted by atomic mass is 32.2. The summed E-state index contributed by atoms with van der Waals surface area (Å²) in [6, 6.07) is 2.19. The van der Waals surface area contributed by atoms with E-state index >= 15 is 0 Å². The second-order valence-electron chi connectivity index (χ2n) is 3.93. The van der Waals surface area contributed by atoms with Gasteiger partial charge in [0.25, 0.3) is 0 Å². The first kappa shape index (κ1) is 16.3. The molecule has 0 radical (unpaired) electrons. The topological polar surface area (TPSA) is 122 Å². The molecule has 0 amide bonds. The van der Waals surface area contributed by atoms with E-state index in [1.165, 1.54) is 13.0 Å². The van der Waals surface area contributed by atoms with Crippen molar-refractivity contribution in [2.24, 2.45) is 5.14 Å². The normalized spacial score (nSPS) is 11.3. The maximum Gasteiger partial charge on any atom is 0.312 e. The summed E-state index contributed by atoms with van der Waals surface area (Å²) in [6.07, 6.45) is 0. The molecule has 0 aromatic heterocycles. The Labute approximate surface area is 116 Å². The van der Waals surface area contributed by atoms with E-state index in [9.17, 15) is 18.5 Å². The van der Waals surface area contributed by atoms with Crippen LogP contribution in [0.15, 0.2) is 17.0 Å². The molecule has 0 saturated heterocycles. The van der Waals surface area contributed by atoms with Crippen molar-refractivity contribution in [2.45, 2.75) is 18.7 Å². The van der Waals surface area contributed by atoms with Crippen LogP contribution in [0, 0.1) is 17.0 Å². The monoisotopic (exact) mass is 304 g/mol. The fourth-order valence-corrected chi connectivity index (χ4v) is 2.35. The van der Waals surface area contributed by atoms with Gasteiger partial charge in [-0.1, -0.05) is 0 Å². The zero-order chi connectivity index (χ0) is 15.3. The molecule has 2 N–H and O–H groups in total. The predicted octanol–water partition coefficient (Wildman–Crippen LogP) is 0.966. The van der Waals surface area contributed by atoms with Crippen molar-refractivity contribution in [2.75, 3.05) is 19.8 Å². The molecule has 0 saturated carbocycles. The number of hydrogen-bond donors (Lipinski definition) is 1. The van der Waals surface area contributed by atoms with Gasteiger partial charge in [-0.2, -0.15) is 0 Å². The highest BCUT2D eigenvalue weighted by molar-refractivity contribution is 7.89. The average Bonchev–Trinajstić information content (AvgIpc) is 2.32. The van der Waals surface area contributed by atoms with Crippen LogP contribution in [0.3, 0.4) is 0 Å². The number of nitro groups is 1. The van der Waals surface area contributed by atoms with Crippen molar-refractivity contribution < 1.29 is 22.8 Å². The van der Waals surface area contributed by atoms with E-state index in [4.69, 9.17) is 14.6 Å². The summed E-state index contributed by atoms with van der Waals surface area (Å²) in [5, 5.41) is 16.0. The molecule has 0 fully saturated rings. The summed E-state index contributed by atoms with van der Waals surface area (Å²) in [4.78, 5) is 9.95. The molecule has 9 heteroatoms. The van der Waals surface area contributed by atoms with Gasteiger partial charge in [0.1, 0.15) is 6.61 Å². The summed E-state index contributed by atoms with van der Waals surface area (Å²) in [5.74, 6) is -0.0143. The molecule has 0 bridgehead atoms. The first-order valence-electron chi connectivity index (χ1n) is 5.79. The van der Waals surface area contributed by atoms with Crippen molar-refractivity contribution in [3.63, 3.8) is 0 Å². The number of rotatable bonds is 7. The molecule has 0 aliphatic heterocycles. The van der Waals surface area contributed by atoms with Gasteiger partial charge in [0, 0.05) is 12.7 Å². The van der Waals surface area contributed by atoms with Gasteiger partial charge in [0.2, 0.25) is 10.0 Å². The smallest absolute Gasteiger partial charge is 0.312 e. The van der Waals surface area contributed by atoms with Crippen LogP contribution < -0.4 is 9.88 Å². The second-order valence-corrected chi connectivity index (χ2v) is 5.46. The van der Waals surface area contributed by atoms with Crippen molar-refractivity contribution >= 4 is 15.7 Å². The minimum atomic E-state index is -4.02. The number of hydrogen-bond acceptors (Lipinski definition) is 6. The molecule has 0 heterocycles. The second kappa shape index (κ2) is 6.64. The lowest BCUT2D eigenvalue weighted by molar-refractivity contribution is -0.386. The summed E-state index contributed by atoms with van der Waals surface area (Å²) >= 11 is 0. The Hall–Kier alpha value is -1.71. The van der Waals surface area contributed by atoms with E-state index in [1.54, 1.807) is 0 Å². The third-order valence-electron chi connectivity index (χ3n) is 2.45. The molecule has 20 heavy (non-hydrogen) atoms. The fraction of sp³-hybridized carbons (Fsp3) is 0.455. The van der Waals surface area contributed by atoms with E-state index in [0.717, 1.165) is 6.07 Å². The van der Waals surface area contributed by atoms with Crippen LogP contribution >= 0.6 is 0 Å². The Morgan fingerprint density at radius 2 is 2.00 bits per heavy atom. The van der Waals surface area contributed by atoms with E-state index in [0.29, 0.717) is 6.61 Å². The van der Waals surface area contributed by atoms with Gasteiger partial charge in [0.05, 0.1) is 16.4 Å². The summed E-state index contributed by atoms with van der Waals surface area (Å²) < 4.78 is 33.0. The highest BCUT2D eigenvalue weighted by Crippen LogP contribution is 2.32. The minimum Gasteiger partial charge on any atom is -0.484 e. The molecule has 1 rings (SSSR count). The predicted molar refractivity (Wildman–Crippen MR) is 71.2 cm³/mol. The van der Waals surface area contributed by atoms with Crippen molar-refractivity contribution in [3.8, 4) is 5.75 Å². The minimum absolute atomic E-state index is 0.0143. The van der Waals surface area contributed by atoms with Crippen LogP contribution in [0.5, 0.6) is 5.75 Å². The number of nitrogens with two attached hydrogens (primary N) is 1. The number of nitro benzene ring substituents is 1. The lowest BCUT2D eigenvalue weighted by atomic mass is 10.2. The van der Waals surface area contributed by atoms with Crippen molar-refractivity contribution in [1.29, 1.82) is 0 Å². The zero-order valence-electron chi connectivity index (χ0n) is 11.2. The van der Waals surface area contributed by atoms with Gasteiger partial charge >= 0.3 is 5.69 Å². The Balaban J connectivity index is 3.12. The third kappa shape index (κ3) is 4.15. The maximum absolute atomic E-state index is 11.3. The number of ether oxygens (including phenoxy) is 2. The lowest BCUT2D eigenvalue weighted by Crippen LogP contribution is -2.15. The molecule has 0 atom stereocenters. The van der Waals surface area contributed by atoms with Gasteiger partial charge in [0.15, 0.2) is 5.75 Å². The molecule has 0 spiro atoms. The number of primary sulfonamides is 1. The average molecular weight is 304 g/mol. The Morgan fingerprint density at radius 3 is 2.50 bits per heavy atom. The zero-order valence-corrected chi connectivity index (χ0v) is 12.0. The van der Waals surface area contributed by atoms with Gasteiger partial charge in [-0.05, 0) is 25.5 Å². The molecule has 0 aliphatic carbocycles. The van der Waals surface area contributed by atoms with Crippen LogP contribution in [0.1, 0.15) is 12.5 Å². The molecule has 1 aromatic rings. The highest BCUT2D eigenvalue weighted by Gasteiger charge is 2.22. The standard InChI is InChI=1S/C11H16N2O6S/c1-3-18-4-5-19-10-6-8(2)11(20(12,16)17)7-9(10)13(14)15/h6-7H,3-5H2,1-2H3,(H2,12,16,17). The SMILES string of the molecule is CCOCCOc1cc(C)c(S(N)(=O)=O)cc1[N+](=O)[O-]. The lowest BCUT2D eigenvalue weighted by Gasteiger charge is -2.10. The number of aryl methyl sites for hydroxylation is 1. The summed E-state index contributed by atoms with van der Waals surface area (Å²) in [5.41, 5.74) is -0.166. The van der Waals surface area contributed by atoms with E-state index in [2.05, 4.69) is 0 Å². The summed E-state index contributed by atoms with van der Waals surface area (Å²) in [6.45, 7) is 4.22. The quantitative estimate of drug-likeness (QED) is 0.455. The van der Waals surface area contributed by atoms with Crippen molar-refractivity contribution in [3.05, 3.63) is 27.8 Å². The van der Waals surface area contributed by atoms with Gasteiger partial charge in [-0.3, -0.25) is 10.1 Å². The molecule has 112 valence electrons. The van der Waals surface area contributed by atoms with Crippen molar-refractivity contribution in [1.82, 2.24) is 0 Å². The first-order chi connectivity index (χ1) is 9.27. The molecular formula is C11H16N2O6S. The first-order valence-corrected chi connectivity index (χ1v) is 7.34. The third-order valence-corrected chi connectivity index (χ3v) is 3.50. The summed E-state index contributed by atoms with van der Waals surface area (Å²) in [7, 11) is -4.02. The van der Waals surface area contributed by atoms with E-state index in [1.807, 2.05) is 6.92 Å². The maximum atomic E-state index is 11.3. The molecular weight excluding hydrogens is 288 g/mol. The van der Waals surface area contributed by atoms with Crippen LogP contribution in [0.2, 0.25) is 0 Å². The fourth-order valence-electron chi connectivity index (χ4n) is 1.57. The Bertz CT molecular complexity index is 599. The Kier molecular flexibility index (Phi) is 5.43. The van der Waals surface area contributed by atoms with Crippen LogP contribution in [-0.2, 0) is 14.8 Å². The largest absolute Gasteiger partial charge is 0.484 e. The van der Waals surface area contributed by atoms with Gasteiger partial charge in [-0.25, -0.2) is 13.6 Å². The van der Waals surface area contributed by atoms with Gasteiger partial charge < -0.3 is 9.47 Å². The molecule has 1 aromatic carbocycles. The number of benzene rings is 1. The molecule has 8 nitrogen and oxygen atoms in total. The van der Waals surface area contributed by atoms with Crippen LogP contribution in [-0.4, -0.2) is 33.2 Å². The van der Waals surface area contributed by atoms with E-state index < -0.39 is 20.6 Å². The molecule has 0 aliphatic rings. The number of sulfonamides is 1. The van der Waals surface area contributed by atoms with Crippen LogP contribution in [0.25, 0.3) is 0 Å². The number of nitrogens with zero attached hydrogens (tertiary/aromatic N) is 1. The van der Waals surface area contributed by atoms with E-state index in [-0.39, 0.29) is 29.4 Å². The van der Waals surface area contributed by atoms with Gasteiger partial charge in [-0.15, -0.1) is 0 Å².